The molecule has 1 aliphatic heterocycles. The number of rotatable bonds is 3. The zero-order valence-electron chi connectivity index (χ0n) is 11.2. The third-order valence-electron chi connectivity index (χ3n) is 4.36. The third kappa shape index (κ3) is 3.44. The van der Waals surface area contributed by atoms with Crippen molar-refractivity contribution in [3.05, 3.63) is 0 Å². The van der Waals surface area contributed by atoms with Crippen molar-refractivity contribution < 1.29 is 4.79 Å². The van der Waals surface area contributed by atoms with Gasteiger partial charge in [0.1, 0.15) is 0 Å². The van der Waals surface area contributed by atoms with Gasteiger partial charge in [0, 0.05) is 25.6 Å². The Labute approximate surface area is 105 Å². The van der Waals surface area contributed by atoms with Crippen LogP contribution in [0.5, 0.6) is 0 Å². The molecule has 98 valence electrons. The van der Waals surface area contributed by atoms with Crippen molar-refractivity contribution in [2.45, 2.75) is 51.5 Å². The monoisotopic (exact) mass is 238 g/mol. The van der Waals surface area contributed by atoms with Crippen LogP contribution < -0.4 is 5.32 Å². The van der Waals surface area contributed by atoms with E-state index in [0.717, 1.165) is 31.8 Å². The Morgan fingerprint density at radius 2 is 2.00 bits per heavy atom. The third-order valence-corrected chi connectivity index (χ3v) is 4.36. The van der Waals surface area contributed by atoms with E-state index in [1.165, 1.54) is 25.7 Å². The van der Waals surface area contributed by atoms with Gasteiger partial charge in [0.05, 0.1) is 0 Å². The van der Waals surface area contributed by atoms with Crippen molar-refractivity contribution >= 4 is 5.91 Å². The number of carbonyl (C=O) groups excluding carboxylic acids is 1. The molecule has 0 bridgehead atoms. The van der Waals surface area contributed by atoms with E-state index in [1.54, 1.807) is 0 Å². The highest BCUT2D eigenvalue weighted by Crippen LogP contribution is 2.26. The highest BCUT2D eigenvalue weighted by Gasteiger charge is 2.28. The van der Waals surface area contributed by atoms with Crippen molar-refractivity contribution in [3.8, 4) is 0 Å². The first kappa shape index (κ1) is 12.9. The van der Waals surface area contributed by atoms with Crippen LogP contribution in [0, 0.1) is 11.8 Å². The van der Waals surface area contributed by atoms with Gasteiger partial charge in [0.15, 0.2) is 0 Å². The highest BCUT2D eigenvalue weighted by atomic mass is 16.2. The number of carbonyl (C=O) groups is 1. The summed E-state index contributed by atoms with van der Waals surface area (Å²) in [5.41, 5.74) is 0. The van der Waals surface area contributed by atoms with E-state index in [-0.39, 0.29) is 5.92 Å². The van der Waals surface area contributed by atoms with Crippen LogP contribution in [-0.4, -0.2) is 37.0 Å². The van der Waals surface area contributed by atoms with E-state index in [0.29, 0.717) is 11.9 Å². The zero-order chi connectivity index (χ0) is 12.3. The molecule has 0 unspecified atom stereocenters. The summed E-state index contributed by atoms with van der Waals surface area (Å²) in [4.78, 5) is 14.3. The molecule has 1 heterocycles. The lowest BCUT2D eigenvalue weighted by Crippen LogP contribution is -2.43. The second-order valence-electron chi connectivity index (χ2n) is 5.95. The van der Waals surface area contributed by atoms with Crippen molar-refractivity contribution in [3.63, 3.8) is 0 Å². The molecular formula is C14H26N2O. The molecular weight excluding hydrogens is 212 g/mol. The molecule has 3 heteroatoms. The molecule has 1 aliphatic carbocycles. The standard InChI is InChI=1S/C14H26N2O/c1-11-9-13(7-8-15-11)14(17)16(2)10-12-5-3-4-6-12/h11-13,15H,3-10H2,1-2H3/t11-,13-/m0/s1. The molecule has 1 amide bonds. The van der Waals surface area contributed by atoms with Gasteiger partial charge in [0.25, 0.3) is 0 Å². The van der Waals surface area contributed by atoms with Crippen LogP contribution >= 0.6 is 0 Å². The maximum atomic E-state index is 12.3. The average molecular weight is 238 g/mol. The Balaban J connectivity index is 1.81. The van der Waals surface area contributed by atoms with Gasteiger partial charge in [-0.15, -0.1) is 0 Å². The number of hydrogen-bond donors (Lipinski definition) is 1. The summed E-state index contributed by atoms with van der Waals surface area (Å²) in [5, 5.41) is 3.41. The molecule has 0 spiro atoms. The van der Waals surface area contributed by atoms with E-state index >= 15 is 0 Å². The van der Waals surface area contributed by atoms with Crippen molar-refractivity contribution in [2.75, 3.05) is 20.1 Å². The number of nitrogens with zero attached hydrogens (tertiary/aromatic N) is 1. The fourth-order valence-corrected chi connectivity index (χ4v) is 3.34. The van der Waals surface area contributed by atoms with E-state index in [2.05, 4.69) is 12.2 Å². The van der Waals surface area contributed by atoms with E-state index < -0.39 is 0 Å². The van der Waals surface area contributed by atoms with Gasteiger partial charge in [-0.05, 0) is 45.1 Å². The van der Waals surface area contributed by atoms with Crippen molar-refractivity contribution in [1.29, 1.82) is 0 Å². The van der Waals surface area contributed by atoms with Crippen molar-refractivity contribution in [1.82, 2.24) is 10.2 Å². The van der Waals surface area contributed by atoms with Crippen LogP contribution in [0.4, 0.5) is 0 Å². The fourth-order valence-electron chi connectivity index (χ4n) is 3.34. The first-order chi connectivity index (χ1) is 8.16. The lowest BCUT2D eigenvalue weighted by atomic mass is 9.92. The molecule has 2 atom stereocenters. The SMILES string of the molecule is C[C@H]1C[C@@H](C(=O)N(C)CC2CCCC2)CCN1. The van der Waals surface area contributed by atoms with Gasteiger partial charge >= 0.3 is 0 Å². The fraction of sp³-hybridized carbons (Fsp3) is 0.929. The van der Waals surface area contributed by atoms with Crippen LogP contribution in [0.3, 0.4) is 0 Å². The Morgan fingerprint density at radius 1 is 1.29 bits per heavy atom. The van der Waals surface area contributed by atoms with Gasteiger partial charge in [-0.1, -0.05) is 12.8 Å². The van der Waals surface area contributed by atoms with Crippen LogP contribution in [0.2, 0.25) is 0 Å². The summed E-state index contributed by atoms with van der Waals surface area (Å²) in [5.74, 6) is 1.41. The quantitative estimate of drug-likeness (QED) is 0.816. The minimum Gasteiger partial charge on any atom is -0.345 e. The average Bonchev–Trinajstić information content (AvgIpc) is 2.80. The number of amides is 1. The molecule has 1 saturated heterocycles. The summed E-state index contributed by atoms with van der Waals surface area (Å²) in [6.45, 7) is 4.16. The smallest absolute Gasteiger partial charge is 0.225 e. The molecule has 0 radical (unpaired) electrons. The molecule has 0 aromatic rings. The normalized spacial score (nSPS) is 30.5. The van der Waals surface area contributed by atoms with Gasteiger partial charge in [0.2, 0.25) is 5.91 Å². The zero-order valence-corrected chi connectivity index (χ0v) is 11.2. The topological polar surface area (TPSA) is 32.3 Å². The van der Waals surface area contributed by atoms with Gasteiger partial charge in [-0.2, -0.15) is 0 Å². The van der Waals surface area contributed by atoms with Gasteiger partial charge in [-0.3, -0.25) is 4.79 Å². The largest absolute Gasteiger partial charge is 0.345 e. The maximum absolute atomic E-state index is 12.3. The predicted octanol–water partition coefficient (Wildman–Crippen LogP) is 2.02. The van der Waals surface area contributed by atoms with Crippen LogP contribution in [0.15, 0.2) is 0 Å². The van der Waals surface area contributed by atoms with Gasteiger partial charge < -0.3 is 10.2 Å². The lowest BCUT2D eigenvalue weighted by molar-refractivity contribution is -0.135. The van der Waals surface area contributed by atoms with Crippen molar-refractivity contribution in [2.24, 2.45) is 11.8 Å². The minimum atomic E-state index is 0.262. The Kier molecular flexibility index (Phi) is 4.43. The maximum Gasteiger partial charge on any atom is 0.225 e. The van der Waals surface area contributed by atoms with E-state index in [4.69, 9.17) is 0 Å². The first-order valence-corrected chi connectivity index (χ1v) is 7.15. The molecule has 17 heavy (non-hydrogen) atoms. The second-order valence-corrected chi connectivity index (χ2v) is 5.95. The Bertz CT molecular complexity index is 261. The summed E-state index contributed by atoms with van der Waals surface area (Å²) in [7, 11) is 1.99. The molecule has 2 rings (SSSR count). The summed E-state index contributed by atoms with van der Waals surface area (Å²) < 4.78 is 0. The second kappa shape index (κ2) is 5.85. The van der Waals surface area contributed by atoms with Crippen LogP contribution in [-0.2, 0) is 4.79 Å². The molecule has 3 nitrogen and oxygen atoms in total. The minimum absolute atomic E-state index is 0.262. The summed E-state index contributed by atoms with van der Waals surface area (Å²) in [6.07, 6.45) is 7.38. The summed E-state index contributed by atoms with van der Waals surface area (Å²) >= 11 is 0. The first-order valence-electron chi connectivity index (χ1n) is 7.15. The predicted molar refractivity (Wildman–Crippen MR) is 69.8 cm³/mol. The number of nitrogens with one attached hydrogen (secondary N) is 1. The molecule has 1 saturated carbocycles. The Morgan fingerprint density at radius 3 is 2.65 bits per heavy atom. The Hall–Kier alpha value is -0.570. The van der Waals surface area contributed by atoms with Gasteiger partial charge in [-0.25, -0.2) is 0 Å². The van der Waals surface area contributed by atoms with Crippen LogP contribution in [0.1, 0.15) is 45.4 Å². The number of piperidine rings is 1. The van der Waals surface area contributed by atoms with E-state index in [1.807, 2.05) is 11.9 Å². The van der Waals surface area contributed by atoms with E-state index in [9.17, 15) is 4.79 Å². The molecule has 2 aliphatic rings. The molecule has 0 aromatic heterocycles. The molecule has 0 aromatic carbocycles. The molecule has 1 N–H and O–H groups in total. The summed E-state index contributed by atoms with van der Waals surface area (Å²) in [6, 6.07) is 0.498. The van der Waals surface area contributed by atoms with Crippen LogP contribution in [0.25, 0.3) is 0 Å². The highest BCUT2D eigenvalue weighted by molar-refractivity contribution is 5.78. The molecule has 2 fully saturated rings. The lowest BCUT2D eigenvalue weighted by Gasteiger charge is -2.31. The number of hydrogen-bond acceptors (Lipinski definition) is 2.